The van der Waals surface area contributed by atoms with Crippen molar-refractivity contribution in [1.29, 1.82) is 0 Å². The van der Waals surface area contributed by atoms with E-state index in [1.54, 1.807) is 18.2 Å². The molecule has 1 fully saturated rings. The van der Waals surface area contributed by atoms with Crippen LogP contribution in [0.5, 0.6) is 0 Å². The lowest BCUT2D eigenvalue weighted by molar-refractivity contribution is 0.0188. The van der Waals surface area contributed by atoms with E-state index in [0.29, 0.717) is 29.2 Å². The summed E-state index contributed by atoms with van der Waals surface area (Å²) in [7, 11) is -4.64. The van der Waals surface area contributed by atoms with Gasteiger partial charge in [-0.15, -0.1) is 10.2 Å². The molecule has 4 N–H and O–H groups in total. The smallest absolute Gasteiger partial charge is 0.441 e. The van der Waals surface area contributed by atoms with Crippen LogP contribution in [0, 0.1) is 5.82 Å². The quantitative estimate of drug-likeness (QED) is 0.327. The highest BCUT2D eigenvalue weighted by atomic mass is 31.2. The predicted molar refractivity (Wildman–Crippen MR) is 121 cm³/mol. The average Bonchev–Trinajstić information content (AvgIpc) is 3.45. The third-order valence-electron chi connectivity index (χ3n) is 4.87. The van der Waals surface area contributed by atoms with Crippen molar-refractivity contribution < 1.29 is 42.7 Å². The highest BCUT2D eigenvalue weighted by molar-refractivity contribution is 7.45. The number of aliphatic hydroxyl groups excluding tert-OH is 1. The van der Waals surface area contributed by atoms with Gasteiger partial charge in [-0.05, 0) is 35.9 Å². The third kappa shape index (κ3) is 7.08. The molecule has 1 amide bonds. The zero-order valence-corrected chi connectivity index (χ0v) is 19.7. The Labute approximate surface area is 203 Å². The largest absolute Gasteiger partial charge is 0.466 e. The highest BCUT2D eigenvalue weighted by Gasteiger charge is 2.37. The van der Waals surface area contributed by atoms with E-state index in [9.17, 15) is 18.7 Å². The second-order valence-electron chi connectivity index (χ2n) is 7.57. The van der Waals surface area contributed by atoms with Gasteiger partial charge >= 0.3 is 13.9 Å². The van der Waals surface area contributed by atoms with Crippen LogP contribution in [0.3, 0.4) is 0 Å². The summed E-state index contributed by atoms with van der Waals surface area (Å²) in [6, 6.07) is 7.63. The number of cyclic esters (lactones) is 1. The van der Waals surface area contributed by atoms with Gasteiger partial charge in [0.05, 0.1) is 18.8 Å². The number of phosphoric acid groups is 1. The molecule has 1 unspecified atom stereocenters. The molecule has 0 aliphatic carbocycles. The molecule has 1 aromatic carbocycles. The Kier molecular flexibility index (Phi) is 8.76. The summed E-state index contributed by atoms with van der Waals surface area (Å²) >= 11 is 0. The summed E-state index contributed by atoms with van der Waals surface area (Å²) in [6.45, 7) is 1.56. The highest BCUT2D eigenvalue weighted by Crippen LogP contribution is 2.30. The van der Waals surface area contributed by atoms with E-state index in [1.165, 1.54) is 23.1 Å². The second kappa shape index (κ2) is 11.6. The van der Waals surface area contributed by atoms with Gasteiger partial charge in [0, 0.05) is 17.3 Å². The zero-order valence-electron chi connectivity index (χ0n) is 18.8. The van der Waals surface area contributed by atoms with Crippen LogP contribution in [0.15, 0.2) is 36.5 Å². The molecular formula is C20H23F2N6O7P. The lowest BCUT2D eigenvalue weighted by Crippen LogP contribution is -2.32. The number of hydrogen-bond acceptors (Lipinski definition) is 8. The van der Waals surface area contributed by atoms with E-state index in [2.05, 4.69) is 20.4 Å². The fourth-order valence-electron chi connectivity index (χ4n) is 3.23. The molecule has 4 rings (SSSR count). The molecule has 0 saturated carbocycles. The van der Waals surface area contributed by atoms with E-state index in [1.807, 2.05) is 6.92 Å². The molecule has 3 aromatic rings. The van der Waals surface area contributed by atoms with Gasteiger partial charge in [-0.2, -0.15) is 4.80 Å². The molecule has 1 saturated heterocycles. The molecule has 1 aliphatic heterocycles. The molecule has 0 radical (unpaired) electrons. The topological polar surface area (TPSA) is 184 Å². The van der Waals surface area contributed by atoms with Crippen LogP contribution in [0.4, 0.5) is 19.3 Å². The number of aliphatic hydroxyl groups is 1. The van der Waals surface area contributed by atoms with E-state index < -0.39 is 38.6 Å². The first-order chi connectivity index (χ1) is 17.0. The van der Waals surface area contributed by atoms with Crippen molar-refractivity contribution in [3.63, 3.8) is 0 Å². The Morgan fingerprint density at radius 1 is 1.25 bits per heavy atom. The normalized spacial score (nSPS) is 16.4. The number of amides is 1. The monoisotopic (exact) mass is 528 g/mol. The number of aryl methyl sites for hydroxylation is 1. The van der Waals surface area contributed by atoms with Crippen LogP contribution >= 0.6 is 7.82 Å². The van der Waals surface area contributed by atoms with E-state index in [0.717, 1.165) is 11.3 Å². The summed E-state index contributed by atoms with van der Waals surface area (Å²) in [5.74, 6) is -0.185. The van der Waals surface area contributed by atoms with Gasteiger partial charge in [0.2, 0.25) is 5.82 Å². The van der Waals surface area contributed by atoms with Gasteiger partial charge in [0.1, 0.15) is 24.3 Å². The molecule has 2 aromatic heterocycles. The van der Waals surface area contributed by atoms with Crippen molar-refractivity contribution in [2.24, 2.45) is 0 Å². The Balaban J connectivity index is 0.000000658. The minimum absolute atomic E-state index is 0.0648. The zero-order chi connectivity index (χ0) is 26.5. The number of tetrazole rings is 1. The summed E-state index contributed by atoms with van der Waals surface area (Å²) in [6.07, 6.45) is -0.795. The van der Waals surface area contributed by atoms with Gasteiger partial charge in [0.15, 0.2) is 6.10 Å². The van der Waals surface area contributed by atoms with Gasteiger partial charge in [-0.25, -0.2) is 18.1 Å². The number of pyridine rings is 1. The van der Waals surface area contributed by atoms with Crippen molar-refractivity contribution >= 4 is 19.6 Å². The van der Waals surface area contributed by atoms with Crippen LogP contribution in [0.1, 0.15) is 13.3 Å². The van der Waals surface area contributed by atoms with Crippen molar-refractivity contribution in [3.05, 3.63) is 42.3 Å². The lowest BCUT2D eigenvalue weighted by atomic mass is 10.1. The van der Waals surface area contributed by atoms with E-state index >= 15 is 0 Å². The number of alkyl halides is 1. The number of aromatic nitrogens is 5. The molecule has 194 valence electrons. The van der Waals surface area contributed by atoms with Crippen LogP contribution in [0.2, 0.25) is 0 Å². The van der Waals surface area contributed by atoms with Crippen LogP contribution < -0.4 is 4.90 Å². The van der Waals surface area contributed by atoms with E-state index in [4.69, 9.17) is 24.0 Å². The molecular weight excluding hydrogens is 505 g/mol. The number of nitrogens with zero attached hydrogens (tertiary/aromatic N) is 6. The molecule has 0 spiro atoms. The number of ether oxygens (including phenoxy) is 1. The SMILES string of the molecule is CCCn1nnc(-c2ccc(-c3ccc(N4C[C@@H](C(O)CF)OC4=O)cc3F)cn2)n1.O=P(O)(O)O. The second-order valence-corrected chi connectivity index (χ2v) is 8.60. The number of halogens is 2. The van der Waals surface area contributed by atoms with Gasteiger partial charge in [-0.1, -0.05) is 13.0 Å². The fraction of sp³-hybridized carbons (Fsp3) is 0.350. The fourth-order valence-corrected chi connectivity index (χ4v) is 3.23. The number of benzene rings is 1. The number of carbonyl (C=O) groups is 1. The number of anilines is 1. The van der Waals surface area contributed by atoms with Gasteiger partial charge < -0.3 is 24.5 Å². The number of carbonyl (C=O) groups excluding carboxylic acids is 1. The molecule has 3 heterocycles. The average molecular weight is 528 g/mol. The Morgan fingerprint density at radius 2 is 1.97 bits per heavy atom. The van der Waals surface area contributed by atoms with Crippen LogP contribution in [0.25, 0.3) is 22.6 Å². The first-order valence-corrected chi connectivity index (χ1v) is 12.1. The summed E-state index contributed by atoms with van der Waals surface area (Å²) in [5.41, 5.74) is 1.59. The maximum atomic E-state index is 14.8. The Hall–Kier alpha value is -3.36. The maximum Gasteiger partial charge on any atom is 0.466 e. The minimum atomic E-state index is -4.64. The van der Waals surface area contributed by atoms with Crippen molar-refractivity contribution in [1.82, 2.24) is 25.2 Å². The van der Waals surface area contributed by atoms with Crippen LogP contribution in [-0.4, -0.2) is 76.5 Å². The number of rotatable bonds is 7. The summed E-state index contributed by atoms with van der Waals surface area (Å²) < 4.78 is 41.3. The first-order valence-electron chi connectivity index (χ1n) is 10.5. The molecule has 1 aliphatic rings. The minimum Gasteiger partial charge on any atom is -0.441 e. The third-order valence-corrected chi connectivity index (χ3v) is 4.87. The van der Waals surface area contributed by atoms with Crippen molar-refractivity contribution in [3.8, 4) is 22.6 Å². The van der Waals surface area contributed by atoms with Gasteiger partial charge in [-0.3, -0.25) is 9.88 Å². The van der Waals surface area contributed by atoms with Crippen LogP contribution in [-0.2, 0) is 15.8 Å². The lowest BCUT2D eigenvalue weighted by Gasteiger charge is -2.15. The van der Waals surface area contributed by atoms with Crippen molar-refractivity contribution in [2.45, 2.75) is 32.1 Å². The first kappa shape index (κ1) is 27.2. The molecule has 13 nitrogen and oxygen atoms in total. The molecule has 0 bridgehead atoms. The Bertz CT molecular complexity index is 1230. The van der Waals surface area contributed by atoms with Crippen molar-refractivity contribution in [2.75, 3.05) is 18.1 Å². The Morgan fingerprint density at radius 3 is 2.56 bits per heavy atom. The summed E-state index contributed by atoms with van der Waals surface area (Å²) in [4.78, 5) is 40.5. The number of hydrogen-bond donors (Lipinski definition) is 4. The summed E-state index contributed by atoms with van der Waals surface area (Å²) in [5, 5.41) is 21.7. The van der Waals surface area contributed by atoms with Gasteiger partial charge in [0.25, 0.3) is 0 Å². The van der Waals surface area contributed by atoms with E-state index in [-0.39, 0.29) is 12.2 Å². The maximum absolute atomic E-state index is 14.8. The predicted octanol–water partition coefficient (Wildman–Crippen LogP) is 1.68. The molecule has 36 heavy (non-hydrogen) atoms. The molecule has 16 heteroatoms. The standard InChI is InChI=1S/C20H20F2N6O3.H3O4P/c1-2-7-28-25-19(24-26-28)16-6-3-12(10-23-16)14-5-4-13(8-15(14)22)27-11-18(17(29)9-21)31-20(27)30;1-5(2,3)4/h3-6,8,10,17-18,29H,2,7,9,11H2,1H3;(H3,1,2,3,4)/t17?,18-;/m0./s1. The molecule has 2 atom stereocenters.